The van der Waals surface area contributed by atoms with E-state index in [0.717, 1.165) is 25.1 Å². The molecule has 7 heteroatoms. The fourth-order valence-electron chi connectivity index (χ4n) is 2.12. The Morgan fingerprint density at radius 3 is 2.71 bits per heavy atom. The first-order chi connectivity index (χ1) is 10.1. The molecule has 0 atom stereocenters. The number of amides is 2. The normalized spacial score (nSPS) is 13.1. The Morgan fingerprint density at radius 2 is 1.95 bits per heavy atom. The number of hydrogen-bond acceptors (Lipinski definition) is 4. The van der Waals surface area contributed by atoms with Gasteiger partial charge in [0.05, 0.1) is 6.54 Å². The zero-order chi connectivity index (χ0) is 15.2. The highest BCUT2D eigenvalue weighted by Crippen LogP contribution is 2.15. The van der Waals surface area contributed by atoms with Crippen LogP contribution in [0.4, 0.5) is 0 Å². The lowest BCUT2D eigenvalue weighted by Crippen LogP contribution is -2.39. The van der Waals surface area contributed by atoms with Gasteiger partial charge in [0.25, 0.3) is 5.91 Å². The van der Waals surface area contributed by atoms with Crippen LogP contribution in [0.2, 0.25) is 0 Å². The molecule has 4 N–H and O–H groups in total. The van der Waals surface area contributed by atoms with Crippen LogP contribution in [0.5, 0.6) is 0 Å². The van der Waals surface area contributed by atoms with Gasteiger partial charge in [0.1, 0.15) is 6.54 Å². The molecule has 0 bridgehead atoms. The molecule has 112 valence electrons. The minimum absolute atomic E-state index is 0.249. The topological polar surface area (TPSA) is 108 Å². The van der Waals surface area contributed by atoms with Crippen molar-refractivity contribution in [1.82, 2.24) is 16.0 Å². The second-order valence-corrected chi connectivity index (χ2v) is 4.76. The van der Waals surface area contributed by atoms with Crippen molar-refractivity contribution in [3.8, 4) is 0 Å². The molecule has 0 saturated heterocycles. The van der Waals surface area contributed by atoms with Crippen LogP contribution in [0.15, 0.2) is 18.2 Å². The van der Waals surface area contributed by atoms with E-state index in [1.54, 1.807) is 6.07 Å². The number of aliphatic carboxylic acids is 1. The first kappa shape index (κ1) is 15.0. The van der Waals surface area contributed by atoms with Gasteiger partial charge in [-0.05, 0) is 36.2 Å². The van der Waals surface area contributed by atoms with E-state index in [-0.39, 0.29) is 12.5 Å². The second kappa shape index (κ2) is 6.85. The quantitative estimate of drug-likeness (QED) is 0.572. The van der Waals surface area contributed by atoms with Crippen molar-refractivity contribution in [3.05, 3.63) is 34.9 Å². The summed E-state index contributed by atoms with van der Waals surface area (Å²) in [5.41, 5.74) is 2.80. The van der Waals surface area contributed by atoms with Gasteiger partial charge in [0.2, 0.25) is 5.91 Å². The molecule has 7 nitrogen and oxygen atoms in total. The zero-order valence-corrected chi connectivity index (χ0v) is 11.4. The fourth-order valence-corrected chi connectivity index (χ4v) is 2.12. The van der Waals surface area contributed by atoms with Gasteiger partial charge in [-0.25, -0.2) is 0 Å². The van der Waals surface area contributed by atoms with E-state index in [1.807, 2.05) is 12.1 Å². The van der Waals surface area contributed by atoms with Crippen LogP contribution >= 0.6 is 0 Å². The monoisotopic (exact) mass is 291 g/mol. The summed E-state index contributed by atoms with van der Waals surface area (Å²) < 4.78 is 0. The van der Waals surface area contributed by atoms with Crippen molar-refractivity contribution in [2.45, 2.75) is 13.0 Å². The summed E-state index contributed by atoms with van der Waals surface area (Å²) in [6.45, 7) is 0.957. The summed E-state index contributed by atoms with van der Waals surface area (Å²) in [5.74, 6) is -2.02. The molecule has 0 unspecified atom stereocenters. The van der Waals surface area contributed by atoms with Crippen molar-refractivity contribution in [2.24, 2.45) is 0 Å². The molecule has 1 heterocycles. The first-order valence-corrected chi connectivity index (χ1v) is 6.65. The molecule has 1 aromatic rings. The van der Waals surface area contributed by atoms with Gasteiger partial charge in [-0.3, -0.25) is 14.4 Å². The maximum Gasteiger partial charge on any atom is 0.322 e. The third kappa shape index (κ3) is 4.28. The molecule has 2 amide bonds. The molecule has 1 aromatic carbocycles. The SMILES string of the molecule is O=C(O)CNC(=O)CNC(=O)c1ccc2c(c1)CNCC2. The van der Waals surface area contributed by atoms with Gasteiger partial charge in [-0.1, -0.05) is 6.07 Å². The summed E-state index contributed by atoms with van der Waals surface area (Å²) in [6, 6.07) is 5.47. The lowest BCUT2D eigenvalue weighted by molar-refractivity contribution is -0.137. The molecule has 0 spiro atoms. The Bertz CT molecular complexity index is 571. The number of nitrogens with one attached hydrogen (secondary N) is 3. The second-order valence-electron chi connectivity index (χ2n) is 4.76. The molecule has 0 fully saturated rings. The third-order valence-electron chi connectivity index (χ3n) is 3.20. The predicted octanol–water partition coefficient (Wildman–Crippen LogP) is -0.737. The third-order valence-corrected chi connectivity index (χ3v) is 3.20. The highest BCUT2D eigenvalue weighted by molar-refractivity contribution is 5.97. The van der Waals surface area contributed by atoms with E-state index in [9.17, 15) is 14.4 Å². The average Bonchev–Trinajstić information content (AvgIpc) is 2.50. The van der Waals surface area contributed by atoms with E-state index >= 15 is 0 Å². The minimum atomic E-state index is -1.13. The van der Waals surface area contributed by atoms with E-state index in [1.165, 1.54) is 5.56 Å². The number of carboxylic acid groups (broad SMARTS) is 1. The summed E-state index contributed by atoms with van der Waals surface area (Å²) in [7, 11) is 0. The number of carbonyl (C=O) groups excluding carboxylic acids is 2. The van der Waals surface area contributed by atoms with Crippen LogP contribution in [0.1, 0.15) is 21.5 Å². The molecule has 2 rings (SSSR count). The van der Waals surface area contributed by atoms with E-state index in [4.69, 9.17) is 5.11 Å². The smallest absolute Gasteiger partial charge is 0.322 e. The van der Waals surface area contributed by atoms with Crippen molar-refractivity contribution >= 4 is 17.8 Å². The summed E-state index contributed by atoms with van der Waals surface area (Å²) >= 11 is 0. The fraction of sp³-hybridized carbons (Fsp3) is 0.357. The summed E-state index contributed by atoms with van der Waals surface area (Å²) in [6.07, 6.45) is 0.939. The van der Waals surface area contributed by atoms with Gasteiger partial charge >= 0.3 is 5.97 Å². The lowest BCUT2D eigenvalue weighted by Gasteiger charge is -2.17. The molecule has 0 radical (unpaired) electrons. The van der Waals surface area contributed by atoms with Gasteiger partial charge in [-0.2, -0.15) is 0 Å². The number of fused-ring (bicyclic) bond motifs is 1. The minimum Gasteiger partial charge on any atom is -0.480 e. The van der Waals surface area contributed by atoms with E-state index < -0.39 is 18.4 Å². The average molecular weight is 291 g/mol. The number of carbonyl (C=O) groups is 3. The van der Waals surface area contributed by atoms with Crippen LogP contribution in [0, 0.1) is 0 Å². The van der Waals surface area contributed by atoms with E-state index in [2.05, 4.69) is 16.0 Å². The maximum atomic E-state index is 11.9. The molecular weight excluding hydrogens is 274 g/mol. The van der Waals surface area contributed by atoms with Crippen LogP contribution in [0.3, 0.4) is 0 Å². The Kier molecular flexibility index (Phi) is 4.89. The van der Waals surface area contributed by atoms with Gasteiger partial charge in [-0.15, -0.1) is 0 Å². The zero-order valence-electron chi connectivity index (χ0n) is 11.4. The largest absolute Gasteiger partial charge is 0.480 e. The Hall–Kier alpha value is -2.41. The Labute approximate surface area is 121 Å². The van der Waals surface area contributed by atoms with Crippen LogP contribution in [0.25, 0.3) is 0 Å². The number of benzene rings is 1. The molecule has 1 aliphatic heterocycles. The molecule has 21 heavy (non-hydrogen) atoms. The van der Waals surface area contributed by atoms with Crippen LogP contribution < -0.4 is 16.0 Å². The van der Waals surface area contributed by atoms with Gasteiger partial charge in [0, 0.05) is 12.1 Å². The maximum absolute atomic E-state index is 11.9. The molecular formula is C14H17N3O4. The number of rotatable bonds is 5. The molecule has 1 aliphatic rings. The summed E-state index contributed by atoms with van der Waals surface area (Å²) in [5, 5.41) is 16.3. The molecule has 0 aromatic heterocycles. The van der Waals surface area contributed by atoms with Gasteiger partial charge < -0.3 is 21.1 Å². The van der Waals surface area contributed by atoms with Crippen molar-refractivity contribution < 1.29 is 19.5 Å². The summed E-state index contributed by atoms with van der Waals surface area (Å²) in [4.78, 5) is 33.6. The predicted molar refractivity (Wildman–Crippen MR) is 74.8 cm³/mol. The highest BCUT2D eigenvalue weighted by atomic mass is 16.4. The highest BCUT2D eigenvalue weighted by Gasteiger charge is 2.13. The van der Waals surface area contributed by atoms with Crippen LogP contribution in [-0.4, -0.2) is 42.5 Å². The van der Waals surface area contributed by atoms with Crippen LogP contribution in [-0.2, 0) is 22.6 Å². The van der Waals surface area contributed by atoms with Gasteiger partial charge in [0.15, 0.2) is 0 Å². The van der Waals surface area contributed by atoms with Crippen molar-refractivity contribution in [2.75, 3.05) is 19.6 Å². The number of carboxylic acids is 1. The Morgan fingerprint density at radius 1 is 1.14 bits per heavy atom. The molecule has 0 aliphatic carbocycles. The van der Waals surface area contributed by atoms with E-state index in [0.29, 0.717) is 5.56 Å². The van der Waals surface area contributed by atoms with Crippen molar-refractivity contribution in [3.63, 3.8) is 0 Å². The Balaban J connectivity index is 1.88. The first-order valence-electron chi connectivity index (χ1n) is 6.65. The number of hydrogen-bond donors (Lipinski definition) is 4. The van der Waals surface area contributed by atoms with Crippen molar-refractivity contribution in [1.29, 1.82) is 0 Å². The lowest BCUT2D eigenvalue weighted by atomic mass is 9.98. The molecule has 0 saturated carbocycles. The standard InChI is InChI=1S/C14H17N3O4/c18-12(16-8-13(19)20)7-17-14(21)10-2-1-9-3-4-15-6-11(9)5-10/h1-2,5,15H,3-4,6-8H2,(H,16,18)(H,17,21)(H,19,20).